The third kappa shape index (κ3) is 5.09. The Hall–Kier alpha value is -2.45. The monoisotopic (exact) mass is 523 g/mol. The number of nitrogens with zero attached hydrogens (tertiary/aromatic N) is 3. The fraction of sp³-hybridized carbons (Fsp3) is 0.700. The summed E-state index contributed by atoms with van der Waals surface area (Å²) in [7, 11) is 1.67. The van der Waals surface area contributed by atoms with Crippen LogP contribution in [0.4, 0.5) is 0 Å². The average molecular weight is 524 g/mol. The van der Waals surface area contributed by atoms with Gasteiger partial charge in [-0.2, -0.15) is 0 Å². The second kappa shape index (κ2) is 10.6. The molecule has 3 aliphatic carbocycles. The largest absolute Gasteiger partial charge is 0.383 e. The summed E-state index contributed by atoms with van der Waals surface area (Å²) in [6, 6.07) is 5.73. The smallest absolute Gasteiger partial charge is 0.268 e. The molecule has 1 saturated heterocycles. The number of hydrogen-bond donors (Lipinski definition) is 2. The van der Waals surface area contributed by atoms with Crippen LogP contribution in [0.5, 0.6) is 0 Å². The van der Waals surface area contributed by atoms with Gasteiger partial charge in [0.15, 0.2) is 0 Å². The van der Waals surface area contributed by atoms with E-state index in [0.717, 1.165) is 32.0 Å². The predicted molar refractivity (Wildman–Crippen MR) is 148 cm³/mol. The van der Waals surface area contributed by atoms with E-state index < -0.39 is 0 Å². The number of fused-ring (bicyclic) bond motifs is 3. The number of nitrogens with one attached hydrogen (secondary N) is 2. The molecule has 2 aromatic rings. The summed E-state index contributed by atoms with van der Waals surface area (Å²) in [5, 5.41) is 6.67. The van der Waals surface area contributed by atoms with E-state index in [-0.39, 0.29) is 29.7 Å². The van der Waals surface area contributed by atoms with Crippen molar-refractivity contribution in [1.29, 1.82) is 0 Å². The zero-order valence-electron chi connectivity index (χ0n) is 23.8. The van der Waals surface area contributed by atoms with Gasteiger partial charge < -0.3 is 20.3 Å². The SMILES string of the molecule is COCCN(C(=O)Cc1cn2c(C(=O)NC[C@@H]3CC[C@@H]4C[C@H]3C4(C)C)cccc2n1)C1CCNCC1(C)C. The van der Waals surface area contributed by atoms with Gasteiger partial charge >= 0.3 is 0 Å². The van der Waals surface area contributed by atoms with Crippen LogP contribution in [-0.4, -0.2) is 72.0 Å². The fourth-order valence-corrected chi connectivity index (χ4v) is 7.49. The van der Waals surface area contributed by atoms with E-state index in [1.165, 1.54) is 19.3 Å². The lowest BCUT2D eigenvalue weighted by molar-refractivity contribution is -0.137. The first-order chi connectivity index (χ1) is 18.1. The number of methoxy groups -OCH3 is 1. The third-order valence-electron chi connectivity index (χ3n) is 9.94. The molecule has 2 bridgehead atoms. The van der Waals surface area contributed by atoms with Crippen molar-refractivity contribution in [3.63, 3.8) is 0 Å². The first-order valence-electron chi connectivity index (χ1n) is 14.4. The molecule has 1 aliphatic heterocycles. The minimum absolute atomic E-state index is 0.0280. The molecule has 8 heteroatoms. The molecular formula is C30H45N5O3. The number of hydrogen-bond acceptors (Lipinski definition) is 5. The van der Waals surface area contributed by atoms with Gasteiger partial charge in [-0.25, -0.2) is 4.98 Å². The Morgan fingerprint density at radius 3 is 2.74 bits per heavy atom. The zero-order valence-corrected chi connectivity index (χ0v) is 23.8. The van der Waals surface area contributed by atoms with Crippen LogP contribution in [0.25, 0.3) is 5.65 Å². The Bertz CT molecular complexity index is 1170. The van der Waals surface area contributed by atoms with Gasteiger partial charge in [-0.05, 0) is 72.9 Å². The van der Waals surface area contributed by atoms with Gasteiger partial charge in [-0.15, -0.1) is 0 Å². The summed E-state index contributed by atoms with van der Waals surface area (Å²) in [6.07, 6.45) is 6.75. The standard InChI is InChI=1S/C30H45N5O3/c1-29(2)19-31-12-11-25(29)34(13-14-38-5)27(36)16-22-18-35-24(7-6-8-26(35)33-22)28(37)32-17-20-9-10-21-15-23(20)30(21,3)4/h6-8,18,20-21,23,25,31H,9-17,19H2,1-5H3,(H,32,37)/t20-,21+,23+,25?/m0/s1. The Morgan fingerprint density at radius 2 is 2.03 bits per heavy atom. The van der Waals surface area contributed by atoms with Gasteiger partial charge in [0.05, 0.1) is 18.7 Å². The quantitative estimate of drug-likeness (QED) is 0.525. The number of amides is 2. The molecule has 2 amide bonds. The number of carbonyl (C=O) groups excluding carboxylic acids is 2. The normalized spacial score (nSPS) is 27.5. The highest BCUT2D eigenvalue weighted by Crippen LogP contribution is 2.61. The number of rotatable bonds is 9. The number of ether oxygens (including phenoxy) is 1. The van der Waals surface area contributed by atoms with Crippen molar-refractivity contribution in [3.8, 4) is 0 Å². The molecule has 6 rings (SSSR count). The Kier molecular flexibility index (Phi) is 7.57. The highest BCUT2D eigenvalue weighted by Gasteiger charge is 2.54. The van der Waals surface area contributed by atoms with Crippen LogP contribution in [-0.2, 0) is 16.0 Å². The summed E-state index contributed by atoms with van der Waals surface area (Å²) in [6.45, 7) is 12.8. The molecule has 4 fully saturated rings. The molecular weight excluding hydrogens is 478 g/mol. The molecule has 4 aliphatic rings. The van der Waals surface area contributed by atoms with Crippen molar-refractivity contribution < 1.29 is 14.3 Å². The molecule has 3 heterocycles. The molecule has 0 spiro atoms. The lowest BCUT2D eigenvalue weighted by Gasteiger charge is -2.60. The van der Waals surface area contributed by atoms with Crippen molar-refractivity contribution in [2.75, 3.05) is 39.9 Å². The van der Waals surface area contributed by atoms with Crippen LogP contribution >= 0.6 is 0 Å². The number of aromatic nitrogens is 2. The van der Waals surface area contributed by atoms with Crippen LogP contribution in [0.3, 0.4) is 0 Å². The second-order valence-electron chi connectivity index (χ2n) is 13.0. The highest BCUT2D eigenvalue weighted by molar-refractivity contribution is 5.93. The van der Waals surface area contributed by atoms with Gasteiger partial charge in [0.2, 0.25) is 5.91 Å². The van der Waals surface area contributed by atoms with E-state index in [0.29, 0.717) is 47.4 Å². The maximum Gasteiger partial charge on any atom is 0.268 e. The van der Waals surface area contributed by atoms with Gasteiger partial charge in [0, 0.05) is 39.0 Å². The Labute approximate surface area is 226 Å². The van der Waals surface area contributed by atoms with E-state index >= 15 is 0 Å². The number of imidazole rings is 1. The van der Waals surface area contributed by atoms with E-state index in [2.05, 4.69) is 38.3 Å². The van der Waals surface area contributed by atoms with E-state index in [4.69, 9.17) is 9.72 Å². The van der Waals surface area contributed by atoms with E-state index in [1.54, 1.807) is 7.11 Å². The number of piperidine rings is 1. The van der Waals surface area contributed by atoms with Gasteiger partial charge in [-0.3, -0.25) is 14.0 Å². The predicted octanol–water partition coefficient (Wildman–Crippen LogP) is 3.54. The van der Waals surface area contributed by atoms with Crippen molar-refractivity contribution in [2.24, 2.45) is 28.6 Å². The van der Waals surface area contributed by atoms with Gasteiger partial charge in [0.1, 0.15) is 11.3 Å². The third-order valence-corrected chi connectivity index (χ3v) is 9.94. The Balaban J connectivity index is 1.28. The molecule has 38 heavy (non-hydrogen) atoms. The maximum absolute atomic E-state index is 13.6. The summed E-state index contributed by atoms with van der Waals surface area (Å²) >= 11 is 0. The highest BCUT2D eigenvalue weighted by atomic mass is 16.5. The molecule has 8 nitrogen and oxygen atoms in total. The summed E-state index contributed by atoms with van der Waals surface area (Å²) < 4.78 is 7.16. The fourth-order valence-electron chi connectivity index (χ4n) is 7.49. The molecule has 4 atom stereocenters. The maximum atomic E-state index is 13.6. The van der Waals surface area contributed by atoms with Crippen LogP contribution in [0, 0.1) is 28.6 Å². The number of pyridine rings is 1. The zero-order chi connectivity index (χ0) is 27.1. The van der Waals surface area contributed by atoms with Crippen LogP contribution in [0.15, 0.2) is 24.4 Å². The topological polar surface area (TPSA) is 88.0 Å². The van der Waals surface area contributed by atoms with Crippen molar-refractivity contribution >= 4 is 17.5 Å². The molecule has 2 N–H and O–H groups in total. The van der Waals surface area contributed by atoms with Gasteiger partial charge in [0.25, 0.3) is 5.91 Å². The van der Waals surface area contributed by atoms with E-state index in [1.807, 2.05) is 33.7 Å². The molecule has 2 aromatic heterocycles. The first-order valence-corrected chi connectivity index (χ1v) is 14.4. The lowest BCUT2D eigenvalue weighted by atomic mass is 9.45. The summed E-state index contributed by atoms with van der Waals surface area (Å²) in [4.78, 5) is 33.6. The molecule has 0 radical (unpaired) electrons. The van der Waals surface area contributed by atoms with Crippen LogP contribution < -0.4 is 10.6 Å². The molecule has 0 aromatic carbocycles. The van der Waals surface area contributed by atoms with Crippen molar-refractivity contribution in [1.82, 2.24) is 24.9 Å². The lowest BCUT2D eigenvalue weighted by Crippen LogP contribution is -2.57. The number of carbonyl (C=O) groups is 2. The molecule has 208 valence electrons. The summed E-state index contributed by atoms with van der Waals surface area (Å²) in [5.41, 5.74) is 2.30. The van der Waals surface area contributed by atoms with Gasteiger partial charge in [-0.1, -0.05) is 33.8 Å². The Morgan fingerprint density at radius 1 is 1.21 bits per heavy atom. The van der Waals surface area contributed by atoms with Crippen LogP contribution in [0.2, 0.25) is 0 Å². The first kappa shape index (κ1) is 27.1. The second-order valence-corrected chi connectivity index (χ2v) is 13.0. The van der Waals surface area contributed by atoms with Crippen molar-refractivity contribution in [2.45, 2.75) is 65.8 Å². The molecule has 1 unspecified atom stereocenters. The summed E-state index contributed by atoms with van der Waals surface area (Å²) in [5.74, 6) is 2.07. The van der Waals surface area contributed by atoms with Crippen LogP contribution in [0.1, 0.15) is 69.6 Å². The minimum atomic E-state index is -0.0803. The molecule has 3 saturated carbocycles. The van der Waals surface area contributed by atoms with Crippen molar-refractivity contribution in [3.05, 3.63) is 35.8 Å². The minimum Gasteiger partial charge on any atom is -0.383 e. The average Bonchev–Trinajstić information content (AvgIpc) is 3.30. The van der Waals surface area contributed by atoms with E-state index in [9.17, 15) is 9.59 Å².